The predicted molar refractivity (Wildman–Crippen MR) is 163 cm³/mol. The predicted octanol–water partition coefficient (Wildman–Crippen LogP) is 2.29. The highest BCUT2D eigenvalue weighted by atomic mass is 31.2. The van der Waals surface area contributed by atoms with Crippen molar-refractivity contribution in [3.63, 3.8) is 0 Å². The number of esters is 1. The van der Waals surface area contributed by atoms with Gasteiger partial charge < -0.3 is 29.8 Å². The number of fused-ring (bicyclic) bond motifs is 6. The average molecular weight is 662 g/mol. The third-order valence-electron chi connectivity index (χ3n) is 8.96. The third-order valence-corrected chi connectivity index (χ3v) is 9.98. The lowest BCUT2D eigenvalue weighted by Gasteiger charge is -2.36. The number of carbonyl (C=O) groups is 1. The van der Waals surface area contributed by atoms with E-state index in [9.17, 15) is 24.2 Å². The van der Waals surface area contributed by atoms with E-state index < -0.39 is 50.0 Å². The molecule has 0 spiro atoms. The Morgan fingerprint density at radius 3 is 2.85 bits per heavy atom. The van der Waals surface area contributed by atoms with Gasteiger partial charge in [-0.3, -0.25) is 18.4 Å². The molecule has 0 saturated carbocycles. The lowest BCUT2D eigenvalue weighted by atomic mass is 9.86. The Kier molecular flexibility index (Phi) is 6.81. The van der Waals surface area contributed by atoms with Crippen LogP contribution in [-0.2, 0) is 46.6 Å². The summed E-state index contributed by atoms with van der Waals surface area (Å²) in [5, 5.41) is 11.6. The molecule has 5 aromatic rings. The van der Waals surface area contributed by atoms with Gasteiger partial charge in [-0.15, -0.1) is 0 Å². The SMILES string of the molecule is CCC1(OP(=O)(O)OCC2OC(n3cnc4c(N)ncnc43)CC2O)C(=O)OCc2c1cc1n(c2=O)Cc2cc3ccccc3nc2-1. The first-order valence-electron chi connectivity index (χ1n) is 14.9. The van der Waals surface area contributed by atoms with Crippen LogP contribution in [0.25, 0.3) is 33.5 Å². The van der Waals surface area contributed by atoms with Gasteiger partial charge in [0.25, 0.3) is 5.56 Å². The van der Waals surface area contributed by atoms with Crippen molar-refractivity contribution in [2.24, 2.45) is 0 Å². The number of pyridine rings is 2. The van der Waals surface area contributed by atoms with E-state index in [1.807, 2.05) is 30.3 Å². The first-order chi connectivity index (χ1) is 22.6. The molecule has 5 unspecified atom stereocenters. The standard InChI is InChI=1S/C30H28N7O9P/c1-2-30(46-47(41,42)44-12-22-21(38)9-23(45-22)37-14-34-25-26(31)32-13-33-27(25)37)18-8-20-24-16(7-15-5-3-4-6-19(15)35-24)10-36(20)28(39)17(18)11-43-29(30)40/h3-8,13-14,21-23,38H,2,9-12H2,1H3,(H,41,42)(H2,31,32,33). The second-order valence-corrected chi connectivity index (χ2v) is 13.0. The van der Waals surface area contributed by atoms with Crippen LogP contribution >= 0.6 is 7.82 Å². The molecule has 0 bridgehead atoms. The zero-order chi connectivity index (χ0) is 32.7. The molecular weight excluding hydrogens is 633 g/mol. The number of hydrogen-bond donors (Lipinski definition) is 3. The van der Waals surface area contributed by atoms with Gasteiger partial charge in [-0.05, 0) is 24.6 Å². The van der Waals surface area contributed by atoms with Crippen LogP contribution in [0.2, 0.25) is 0 Å². The molecule has 1 aromatic carbocycles. The van der Waals surface area contributed by atoms with E-state index in [1.165, 1.54) is 12.7 Å². The molecule has 0 amide bonds. The number of aliphatic hydroxyl groups is 1. The summed E-state index contributed by atoms with van der Waals surface area (Å²) in [6, 6.07) is 11.1. The molecule has 1 saturated heterocycles. The maximum absolute atomic E-state index is 13.8. The Labute approximate surface area is 265 Å². The first kappa shape index (κ1) is 29.8. The molecule has 3 aliphatic rings. The van der Waals surface area contributed by atoms with Gasteiger partial charge in [-0.2, -0.15) is 0 Å². The highest BCUT2D eigenvalue weighted by Crippen LogP contribution is 2.54. The van der Waals surface area contributed by atoms with Gasteiger partial charge in [0, 0.05) is 22.9 Å². The summed E-state index contributed by atoms with van der Waals surface area (Å²) in [5.74, 6) is -0.760. The maximum Gasteiger partial charge on any atom is 0.473 e. The molecule has 5 atom stereocenters. The molecule has 0 aliphatic carbocycles. The van der Waals surface area contributed by atoms with E-state index >= 15 is 0 Å². The number of phosphoric ester groups is 1. The number of benzene rings is 1. The van der Waals surface area contributed by atoms with Crippen molar-refractivity contribution in [3.05, 3.63) is 76.1 Å². The van der Waals surface area contributed by atoms with Crippen LogP contribution in [0, 0.1) is 0 Å². The van der Waals surface area contributed by atoms with Gasteiger partial charge in [0.05, 0.1) is 48.1 Å². The maximum atomic E-state index is 13.8. The number of nitrogens with zero attached hydrogens (tertiary/aromatic N) is 6. The summed E-state index contributed by atoms with van der Waals surface area (Å²) in [6.07, 6.45) is -0.210. The quantitative estimate of drug-likeness (QED) is 0.165. The number of carbonyl (C=O) groups excluding carboxylic acids is 1. The monoisotopic (exact) mass is 661 g/mol. The summed E-state index contributed by atoms with van der Waals surface area (Å²) >= 11 is 0. The molecule has 17 heteroatoms. The smallest absolute Gasteiger partial charge is 0.458 e. The second-order valence-electron chi connectivity index (χ2n) is 11.6. The zero-order valence-electron chi connectivity index (χ0n) is 24.8. The number of nitrogens with two attached hydrogens (primary N) is 1. The van der Waals surface area contributed by atoms with Gasteiger partial charge in [0.1, 0.15) is 30.8 Å². The molecule has 4 N–H and O–H groups in total. The van der Waals surface area contributed by atoms with Crippen molar-refractivity contribution < 1.29 is 37.9 Å². The largest absolute Gasteiger partial charge is 0.473 e. The molecule has 4 aromatic heterocycles. The van der Waals surface area contributed by atoms with Gasteiger partial charge >= 0.3 is 13.8 Å². The van der Waals surface area contributed by atoms with Crippen LogP contribution in [0.1, 0.15) is 42.7 Å². The fourth-order valence-corrected chi connectivity index (χ4v) is 7.66. The highest BCUT2D eigenvalue weighted by Gasteiger charge is 2.53. The molecule has 8 rings (SSSR count). The molecule has 7 heterocycles. The van der Waals surface area contributed by atoms with Crippen LogP contribution in [-0.4, -0.2) is 63.9 Å². The normalized spacial score (nSPS) is 24.6. The number of nitrogen functional groups attached to an aromatic ring is 1. The molecule has 242 valence electrons. The van der Waals surface area contributed by atoms with E-state index in [4.69, 9.17) is 29.2 Å². The molecule has 0 radical (unpaired) electrons. The van der Waals surface area contributed by atoms with E-state index in [2.05, 4.69) is 15.0 Å². The lowest BCUT2D eigenvalue weighted by molar-refractivity contribution is -0.171. The number of ether oxygens (including phenoxy) is 2. The number of phosphoric acid groups is 1. The third kappa shape index (κ3) is 4.67. The Bertz CT molecular complexity index is 2220. The van der Waals surface area contributed by atoms with Crippen LogP contribution in [0.4, 0.5) is 5.82 Å². The van der Waals surface area contributed by atoms with Crippen LogP contribution in [0.3, 0.4) is 0 Å². The number of para-hydroxylation sites is 1. The number of rotatable bonds is 7. The second kappa shape index (κ2) is 10.7. The lowest BCUT2D eigenvalue weighted by Crippen LogP contribution is -2.46. The topological polar surface area (TPSA) is 216 Å². The van der Waals surface area contributed by atoms with Crippen molar-refractivity contribution in [2.75, 3.05) is 12.3 Å². The van der Waals surface area contributed by atoms with Gasteiger partial charge in [0.2, 0.25) is 5.60 Å². The first-order valence-corrected chi connectivity index (χ1v) is 16.4. The number of hydrogen-bond acceptors (Lipinski definition) is 13. The zero-order valence-corrected chi connectivity index (χ0v) is 25.7. The average Bonchev–Trinajstić information content (AvgIpc) is 3.76. The van der Waals surface area contributed by atoms with Crippen molar-refractivity contribution >= 4 is 41.7 Å². The number of aromatic nitrogens is 6. The van der Waals surface area contributed by atoms with E-state index in [0.29, 0.717) is 22.6 Å². The number of anilines is 1. The van der Waals surface area contributed by atoms with E-state index in [0.717, 1.165) is 16.5 Å². The number of aliphatic hydroxyl groups excluding tert-OH is 1. The summed E-state index contributed by atoms with van der Waals surface area (Å²) in [6.45, 7) is 0.947. The Hall–Kier alpha value is -4.57. The summed E-state index contributed by atoms with van der Waals surface area (Å²) < 4.78 is 38.8. The molecule has 47 heavy (non-hydrogen) atoms. The molecule has 1 fully saturated rings. The Morgan fingerprint density at radius 1 is 1.19 bits per heavy atom. The fraction of sp³-hybridized carbons (Fsp3) is 0.333. The van der Waals surface area contributed by atoms with Crippen molar-refractivity contribution in [1.82, 2.24) is 29.1 Å². The molecular formula is C30H28N7O9P. The fourth-order valence-electron chi connectivity index (χ4n) is 6.57. The Morgan fingerprint density at radius 2 is 2.02 bits per heavy atom. The minimum Gasteiger partial charge on any atom is -0.458 e. The minimum atomic E-state index is -5.05. The summed E-state index contributed by atoms with van der Waals surface area (Å²) in [5.41, 5.74) is 6.86. The van der Waals surface area contributed by atoms with Crippen LogP contribution < -0.4 is 11.3 Å². The van der Waals surface area contributed by atoms with Crippen LogP contribution in [0.15, 0.2) is 53.8 Å². The number of imidazole rings is 1. The summed E-state index contributed by atoms with van der Waals surface area (Å²) in [7, 11) is -5.05. The van der Waals surface area contributed by atoms with Crippen molar-refractivity contribution in [3.8, 4) is 11.4 Å². The van der Waals surface area contributed by atoms with Gasteiger partial charge in [-0.25, -0.2) is 29.3 Å². The van der Waals surface area contributed by atoms with Crippen molar-refractivity contribution in [1.29, 1.82) is 0 Å². The minimum absolute atomic E-state index is 0.0957. The van der Waals surface area contributed by atoms with Crippen molar-refractivity contribution in [2.45, 2.75) is 57.0 Å². The number of cyclic esters (lactones) is 1. The van der Waals surface area contributed by atoms with Gasteiger partial charge in [0.15, 0.2) is 11.5 Å². The van der Waals surface area contributed by atoms with E-state index in [1.54, 1.807) is 22.1 Å². The van der Waals surface area contributed by atoms with Crippen LogP contribution in [0.5, 0.6) is 0 Å². The summed E-state index contributed by atoms with van der Waals surface area (Å²) in [4.78, 5) is 55.2. The Balaban J connectivity index is 1.07. The van der Waals surface area contributed by atoms with E-state index in [-0.39, 0.29) is 42.9 Å². The highest BCUT2D eigenvalue weighted by molar-refractivity contribution is 7.47. The van der Waals surface area contributed by atoms with Gasteiger partial charge in [-0.1, -0.05) is 25.1 Å². The molecule has 3 aliphatic heterocycles. The molecule has 16 nitrogen and oxygen atoms in total.